The Morgan fingerprint density at radius 2 is 1.30 bits per heavy atom. The monoisotopic (exact) mass is 382 g/mol. The molecule has 0 amide bonds. The van der Waals surface area contributed by atoms with E-state index in [1.54, 1.807) is 13.8 Å². The van der Waals surface area contributed by atoms with Crippen molar-refractivity contribution >= 4 is 11.9 Å². The number of carbonyl (C=O) groups excluding carboxylic acids is 1. The summed E-state index contributed by atoms with van der Waals surface area (Å²) in [5.74, 6) is -1.24. The first-order chi connectivity index (χ1) is 12.9. The number of carboxylic acids is 1. The van der Waals surface area contributed by atoms with E-state index in [0.717, 1.165) is 25.7 Å². The first-order valence-electron chi connectivity index (χ1n) is 10.9. The van der Waals surface area contributed by atoms with E-state index in [-0.39, 0.29) is 12.6 Å². The van der Waals surface area contributed by atoms with Crippen molar-refractivity contribution in [2.75, 3.05) is 6.61 Å². The Morgan fingerprint density at radius 1 is 0.815 bits per heavy atom. The zero-order chi connectivity index (χ0) is 20.4. The summed E-state index contributed by atoms with van der Waals surface area (Å²) in [7, 11) is 0. The highest BCUT2D eigenvalue weighted by molar-refractivity contribution is 5.75. The fourth-order valence-corrected chi connectivity index (χ4v) is 2.73. The van der Waals surface area contributed by atoms with Crippen molar-refractivity contribution in [1.29, 1.82) is 0 Å². The van der Waals surface area contributed by atoms with E-state index >= 15 is 0 Å². The van der Waals surface area contributed by atoms with Crippen LogP contribution in [0.3, 0.4) is 0 Å². The number of allylic oxidation sites excluding steroid dienone is 2. The molecule has 0 aliphatic rings. The molecule has 0 aromatic rings. The molecule has 158 valence electrons. The highest BCUT2D eigenvalue weighted by atomic mass is 16.5. The lowest BCUT2D eigenvalue weighted by atomic mass is 9.95. The Labute approximate surface area is 166 Å². The summed E-state index contributed by atoms with van der Waals surface area (Å²) in [6, 6.07) is 0. The average Bonchev–Trinajstić information content (AvgIpc) is 2.63. The summed E-state index contributed by atoms with van der Waals surface area (Å²) in [5, 5.41) is 8.97. The maximum absolute atomic E-state index is 11.6. The maximum atomic E-state index is 11.6. The third kappa shape index (κ3) is 16.6. The van der Waals surface area contributed by atoms with E-state index in [2.05, 4.69) is 19.1 Å². The lowest BCUT2D eigenvalue weighted by Gasteiger charge is -2.18. The van der Waals surface area contributed by atoms with Crippen molar-refractivity contribution < 1.29 is 19.4 Å². The molecule has 4 heteroatoms. The van der Waals surface area contributed by atoms with Gasteiger partial charge in [0.05, 0.1) is 5.41 Å². The zero-order valence-electron chi connectivity index (χ0n) is 17.9. The summed E-state index contributed by atoms with van der Waals surface area (Å²) in [6.45, 7) is 5.31. The topological polar surface area (TPSA) is 63.6 Å². The number of rotatable bonds is 18. The largest absolute Gasteiger partial charge is 0.481 e. The number of unbranched alkanes of at least 4 members (excludes halogenated alkanes) is 11. The minimum Gasteiger partial charge on any atom is -0.481 e. The molecule has 27 heavy (non-hydrogen) atoms. The number of ether oxygens (including phenoxy) is 1. The Hall–Kier alpha value is -1.32. The van der Waals surface area contributed by atoms with Crippen LogP contribution in [-0.4, -0.2) is 23.7 Å². The molecule has 0 saturated heterocycles. The first-order valence-corrected chi connectivity index (χ1v) is 10.9. The van der Waals surface area contributed by atoms with Gasteiger partial charge in [-0.3, -0.25) is 9.59 Å². The molecule has 0 atom stereocenters. The van der Waals surface area contributed by atoms with Crippen LogP contribution in [0, 0.1) is 5.41 Å². The second-order valence-electron chi connectivity index (χ2n) is 8.18. The van der Waals surface area contributed by atoms with Gasteiger partial charge in [0.25, 0.3) is 0 Å². The highest BCUT2D eigenvalue weighted by Crippen LogP contribution is 2.16. The third-order valence-electron chi connectivity index (χ3n) is 4.82. The van der Waals surface area contributed by atoms with E-state index in [9.17, 15) is 9.59 Å². The van der Waals surface area contributed by atoms with Crippen LogP contribution in [0.5, 0.6) is 0 Å². The molecule has 0 bridgehead atoms. The second kappa shape index (κ2) is 16.8. The van der Waals surface area contributed by atoms with Crippen molar-refractivity contribution in [3.05, 3.63) is 12.2 Å². The van der Waals surface area contributed by atoms with E-state index < -0.39 is 11.4 Å². The molecule has 0 aliphatic heterocycles. The van der Waals surface area contributed by atoms with Gasteiger partial charge in [-0.15, -0.1) is 0 Å². The van der Waals surface area contributed by atoms with Crippen molar-refractivity contribution in [2.24, 2.45) is 5.41 Å². The Balaban J connectivity index is 3.38. The third-order valence-corrected chi connectivity index (χ3v) is 4.82. The number of hydrogen-bond donors (Lipinski definition) is 1. The van der Waals surface area contributed by atoms with Crippen LogP contribution in [0.15, 0.2) is 12.2 Å². The van der Waals surface area contributed by atoms with Crippen molar-refractivity contribution in [3.63, 3.8) is 0 Å². The lowest BCUT2D eigenvalue weighted by Crippen LogP contribution is -2.30. The molecule has 0 rings (SSSR count). The van der Waals surface area contributed by atoms with Crippen LogP contribution in [0.4, 0.5) is 0 Å². The maximum Gasteiger partial charge on any atom is 0.312 e. The molecule has 0 aromatic carbocycles. The van der Waals surface area contributed by atoms with Crippen LogP contribution in [0.2, 0.25) is 0 Å². The average molecular weight is 383 g/mol. The molecular formula is C23H42O4. The molecule has 4 nitrogen and oxygen atoms in total. The van der Waals surface area contributed by atoms with Gasteiger partial charge in [0.2, 0.25) is 0 Å². The highest BCUT2D eigenvalue weighted by Gasteiger charge is 2.28. The predicted molar refractivity (Wildman–Crippen MR) is 112 cm³/mol. The van der Waals surface area contributed by atoms with Crippen LogP contribution >= 0.6 is 0 Å². The van der Waals surface area contributed by atoms with Crippen molar-refractivity contribution in [3.8, 4) is 0 Å². The predicted octanol–water partition coefficient (Wildman–Crippen LogP) is 6.68. The van der Waals surface area contributed by atoms with Crippen LogP contribution < -0.4 is 0 Å². The van der Waals surface area contributed by atoms with E-state index in [0.29, 0.717) is 6.42 Å². The summed E-state index contributed by atoms with van der Waals surface area (Å²) >= 11 is 0. The SMILES string of the molecule is CCCCCCCC/C=C\CCCCCCCC(=O)OCC(C)(C)C(=O)O. The number of hydrogen-bond acceptors (Lipinski definition) is 3. The van der Waals surface area contributed by atoms with E-state index in [1.165, 1.54) is 57.8 Å². The van der Waals surface area contributed by atoms with Gasteiger partial charge < -0.3 is 9.84 Å². The van der Waals surface area contributed by atoms with Crippen LogP contribution in [-0.2, 0) is 14.3 Å². The standard InChI is InChI=1S/C23H42O4/c1-4-5-6-7-8-9-10-11-12-13-14-15-16-17-18-19-21(24)27-20-23(2,3)22(25)26/h11-12H,4-10,13-20H2,1-3H3,(H,25,26)/b12-11-. The number of carbonyl (C=O) groups is 2. The summed E-state index contributed by atoms with van der Waals surface area (Å²) in [6.07, 6.45) is 20.9. The second-order valence-corrected chi connectivity index (χ2v) is 8.18. The molecule has 0 spiro atoms. The molecule has 0 radical (unpaired) electrons. The van der Waals surface area contributed by atoms with E-state index in [4.69, 9.17) is 9.84 Å². The van der Waals surface area contributed by atoms with Gasteiger partial charge in [-0.1, -0.05) is 70.4 Å². The van der Waals surface area contributed by atoms with Crippen molar-refractivity contribution in [2.45, 2.75) is 111 Å². The van der Waals surface area contributed by atoms with Gasteiger partial charge in [0, 0.05) is 6.42 Å². The van der Waals surface area contributed by atoms with Crippen LogP contribution in [0.1, 0.15) is 111 Å². The van der Waals surface area contributed by atoms with Crippen molar-refractivity contribution in [1.82, 2.24) is 0 Å². The van der Waals surface area contributed by atoms with Crippen LogP contribution in [0.25, 0.3) is 0 Å². The normalized spacial score (nSPS) is 11.8. The van der Waals surface area contributed by atoms with Gasteiger partial charge in [-0.05, 0) is 46.0 Å². The summed E-state index contributed by atoms with van der Waals surface area (Å²) in [5.41, 5.74) is -1.02. The number of aliphatic carboxylic acids is 1. The zero-order valence-corrected chi connectivity index (χ0v) is 17.9. The molecular weight excluding hydrogens is 340 g/mol. The summed E-state index contributed by atoms with van der Waals surface area (Å²) in [4.78, 5) is 22.6. The van der Waals surface area contributed by atoms with Gasteiger partial charge >= 0.3 is 11.9 Å². The molecule has 0 heterocycles. The minimum atomic E-state index is -1.02. The fourth-order valence-electron chi connectivity index (χ4n) is 2.73. The Morgan fingerprint density at radius 3 is 1.81 bits per heavy atom. The van der Waals surface area contributed by atoms with Gasteiger partial charge in [-0.25, -0.2) is 0 Å². The molecule has 0 aromatic heterocycles. The Kier molecular flexibility index (Phi) is 16.0. The molecule has 0 fully saturated rings. The quantitative estimate of drug-likeness (QED) is 0.163. The Bertz CT molecular complexity index is 413. The van der Waals surface area contributed by atoms with Gasteiger partial charge in [0.1, 0.15) is 6.61 Å². The fraction of sp³-hybridized carbons (Fsp3) is 0.826. The van der Waals surface area contributed by atoms with Gasteiger partial charge in [-0.2, -0.15) is 0 Å². The minimum absolute atomic E-state index is 0.0633. The van der Waals surface area contributed by atoms with Gasteiger partial charge in [0.15, 0.2) is 0 Å². The summed E-state index contributed by atoms with van der Waals surface area (Å²) < 4.78 is 5.06. The first kappa shape index (κ1) is 25.7. The molecule has 1 N–H and O–H groups in total. The number of esters is 1. The van der Waals surface area contributed by atoms with E-state index in [1.807, 2.05) is 0 Å². The molecule has 0 saturated carbocycles. The smallest absolute Gasteiger partial charge is 0.312 e. The lowest BCUT2D eigenvalue weighted by molar-refractivity contribution is -0.156. The molecule has 0 aliphatic carbocycles. The molecule has 0 unspecified atom stereocenters. The number of carboxylic acid groups (broad SMARTS) is 1.